The number of carbonyl (C=O) groups excluding carboxylic acids is 1. The van der Waals surface area contributed by atoms with Gasteiger partial charge in [-0.25, -0.2) is 13.5 Å². The molecule has 0 spiro atoms. The number of hydrogen-bond donors (Lipinski definition) is 1. The van der Waals surface area contributed by atoms with Crippen molar-refractivity contribution in [2.75, 3.05) is 12.4 Å². The standard InChI is InChI=1S/C27H22ClF2N7O3/c1-3-22(27(39)33-16-5-6-19-20(11-16)32-9-8-31-19)36-14-24(40-2)18(12-25(36)38)17-10-15(28)4-7-23(17)37-13-21(26(29)30)34-35-37/h4-14,22,26H,3H2,1-2H3,(H,33,39)/t22-/m0/s1. The second kappa shape index (κ2) is 11.2. The Labute approximate surface area is 231 Å². The summed E-state index contributed by atoms with van der Waals surface area (Å²) in [6.45, 7) is 1.78. The quantitative estimate of drug-likeness (QED) is 0.274. The van der Waals surface area contributed by atoms with Gasteiger partial charge in [0.25, 0.3) is 12.0 Å². The van der Waals surface area contributed by atoms with Gasteiger partial charge in [0, 0.05) is 40.3 Å². The molecule has 0 aliphatic heterocycles. The second-order valence-electron chi connectivity index (χ2n) is 8.72. The van der Waals surface area contributed by atoms with E-state index in [2.05, 4.69) is 25.6 Å². The molecule has 10 nitrogen and oxygen atoms in total. The molecule has 2 aromatic carbocycles. The molecular formula is C27H22ClF2N7O3. The molecule has 13 heteroatoms. The topological polar surface area (TPSA) is 117 Å². The number of anilines is 1. The van der Waals surface area contributed by atoms with Gasteiger partial charge in [0.05, 0.1) is 36.2 Å². The normalized spacial score (nSPS) is 12.1. The van der Waals surface area contributed by atoms with Gasteiger partial charge in [-0.1, -0.05) is 23.7 Å². The van der Waals surface area contributed by atoms with E-state index in [0.717, 1.165) is 6.20 Å². The Morgan fingerprint density at radius 1 is 1.05 bits per heavy atom. The summed E-state index contributed by atoms with van der Waals surface area (Å²) < 4.78 is 34.3. The average molecular weight is 566 g/mol. The molecule has 40 heavy (non-hydrogen) atoms. The lowest BCUT2D eigenvalue weighted by Gasteiger charge is -2.21. The van der Waals surface area contributed by atoms with Crippen molar-refractivity contribution in [1.82, 2.24) is 29.5 Å². The van der Waals surface area contributed by atoms with E-state index in [-0.39, 0.29) is 5.75 Å². The molecule has 3 heterocycles. The lowest BCUT2D eigenvalue weighted by molar-refractivity contribution is -0.119. The molecule has 1 atom stereocenters. The number of amides is 1. The largest absolute Gasteiger partial charge is 0.495 e. The number of ether oxygens (including phenoxy) is 1. The van der Waals surface area contributed by atoms with Gasteiger partial charge in [-0.15, -0.1) is 5.10 Å². The summed E-state index contributed by atoms with van der Waals surface area (Å²) in [4.78, 5) is 35.1. The number of benzene rings is 2. The van der Waals surface area contributed by atoms with Gasteiger partial charge in [0.2, 0.25) is 5.91 Å². The van der Waals surface area contributed by atoms with Crippen LogP contribution in [0.5, 0.6) is 5.75 Å². The van der Waals surface area contributed by atoms with E-state index in [1.165, 1.54) is 28.6 Å². The molecule has 3 aromatic heterocycles. The van der Waals surface area contributed by atoms with Crippen molar-refractivity contribution in [2.45, 2.75) is 25.8 Å². The summed E-state index contributed by atoms with van der Waals surface area (Å²) in [6, 6.07) is 10.3. The smallest absolute Gasteiger partial charge is 0.283 e. The van der Waals surface area contributed by atoms with Crippen molar-refractivity contribution in [1.29, 1.82) is 0 Å². The molecule has 0 unspecified atom stereocenters. The second-order valence-corrected chi connectivity index (χ2v) is 9.16. The molecule has 0 radical (unpaired) electrons. The van der Waals surface area contributed by atoms with Gasteiger partial charge < -0.3 is 10.1 Å². The molecule has 5 rings (SSSR count). The third-order valence-corrected chi connectivity index (χ3v) is 6.49. The van der Waals surface area contributed by atoms with Crippen LogP contribution in [0, 0.1) is 0 Å². The van der Waals surface area contributed by atoms with Gasteiger partial charge in [-0.05, 0) is 42.8 Å². The van der Waals surface area contributed by atoms with Crippen LogP contribution in [-0.2, 0) is 4.79 Å². The molecule has 0 bridgehead atoms. The number of halogens is 3. The Balaban J connectivity index is 1.52. The molecule has 0 saturated heterocycles. The van der Waals surface area contributed by atoms with E-state index < -0.39 is 29.6 Å². The van der Waals surface area contributed by atoms with E-state index in [4.69, 9.17) is 16.3 Å². The fourth-order valence-electron chi connectivity index (χ4n) is 4.34. The maximum atomic E-state index is 13.4. The van der Waals surface area contributed by atoms with E-state index in [9.17, 15) is 18.4 Å². The van der Waals surface area contributed by atoms with Crippen LogP contribution in [-0.4, -0.2) is 42.5 Å². The molecule has 204 valence electrons. The monoisotopic (exact) mass is 565 g/mol. The molecule has 1 N–H and O–H groups in total. The molecule has 5 aromatic rings. The number of aromatic nitrogens is 6. The van der Waals surface area contributed by atoms with Crippen LogP contribution >= 0.6 is 11.6 Å². The zero-order valence-electron chi connectivity index (χ0n) is 21.3. The van der Waals surface area contributed by atoms with Crippen molar-refractivity contribution in [3.05, 3.63) is 88.3 Å². The van der Waals surface area contributed by atoms with E-state index in [1.807, 2.05) is 0 Å². The Bertz CT molecular complexity index is 1770. The van der Waals surface area contributed by atoms with Crippen molar-refractivity contribution < 1.29 is 18.3 Å². The summed E-state index contributed by atoms with van der Waals surface area (Å²) in [5, 5.41) is 10.5. The van der Waals surface area contributed by atoms with E-state index >= 15 is 0 Å². The highest BCUT2D eigenvalue weighted by Gasteiger charge is 2.24. The lowest BCUT2D eigenvalue weighted by atomic mass is 10.0. The molecule has 0 aliphatic carbocycles. The fourth-order valence-corrected chi connectivity index (χ4v) is 4.51. The molecule has 0 fully saturated rings. The van der Waals surface area contributed by atoms with Crippen molar-refractivity contribution in [3.8, 4) is 22.6 Å². The van der Waals surface area contributed by atoms with Crippen LogP contribution in [0.3, 0.4) is 0 Å². The minimum atomic E-state index is -2.80. The summed E-state index contributed by atoms with van der Waals surface area (Å²) in [5.74, 6) is -0.155. The number of nitrogens with one attached hydrogen (secondary N) is 1. The maximum absolute atomic E-state index is 13.4. The predicted molar refractivity (Wildman–Crippen MR) is 145 cm³/mol. The summed E-state index contributed by atoms with van der Waals surface area (Å²) in [5.41, 5.74) is 1.89. The zero-order valence-corrected chi connectivity index (χ0v) is 22.0. The lowest BCUT2D eigenvalue weighted by Crippen LogP contribution is -2.32. The van der Waals surface area contributed by atoms with Gasteiger partial charge in [0.15, 0.2) is 0 Å². The number of methoxy groups -OCH3 is 1. The highest BCUT2D eigenvalue weighted by atomic mass is 35.5. The SMILES string of the molecule is CC[C@@H](C(=O)Nc1ccc2nccnc2c1)n1cc(OC)c(-c2cc(Cl)ccc2-n2cc(C(F)F)nn2)cc1=O. The summed E-state index contributed by atoms with van der Waals surface area (Å²) in [6.07, 6.45) is 3.18. The van der Waals surface area contributed by atoms with Crippen molar-refractivity contribution in [3.63, 3.8) is 0 Å². The van der Waals surface area contributed by atoms with Crippen LogP contribution in [0.4, 0.5) is 14.5 Å². The number of nitrogens with zero attached hydrogens (tertiary/aromatic N) is 6. The number of pyridine rings is 1. The van der Waals surface area contributed by atoms with E-state index in [1.54, 1.807) is 55.7 Å². The van der Waals surface area contributed by atoms with Crippen molar-refractivity contribution >= 4 is 34.2 Å². The fraction of sp³-hybridized carbons (Fsp3) is 0.185. The van der Waals surface area contributed by atoms with Crippen LogP contribution in [0.1, 0.15) is 31.5 Å². The van der Waals surface area contributed by atoms with Gasteiger partial charge in [-0.3, -0.25) is 24.1 Å². The number of alkyl halides is 2. The maximum Gasteiger partial charge on any atom is 0.283 e. The Kier molecular flexibility index (Phi) is 7.52. The van der Waals surface area contributed by atoms with Crippen LogP contribution in [0.2, 0.25) is 5.02 Å². The zero-order chi connectivity index (χ0) is 28.4. The third-order valence-electron chi connectivity index (χ3n) is 6.26. The first-order valence-electron chi connectivity index (χ1n) is 12.1. The van der Waals surface area contributed by atoms with Gasteiger partial charge in [-0.2, -0.15) is 0 Å². The Morgan fingerprint density at radius 3 is 2.52 bits per heavy atom. The van der Waals surface area contributed by atoms with Crippen molar-refractivity contribution in [2.24, 2.45) is 0 Å². The minimum Gasteiger partial charge on any atom is -0.495 e. The number of carbonyl (C=O) groups is 1. The number of rotatable bonds is 8. The minimum absolute atomic E-state index is 0.254. The van der Waals surface area contributed by atoms with Crippen LogP contribution in [0.15, 0.2) is 72.0 Å². The van der Waals surface area contributed by atoms with Crippen LogP contribution in [0.25, 0.3) is 27.8 Å². The molecule has 1 amide bonds. The first-order chi connectivity index (χ1) is 19.3. The Hall–Kier alpha value is -4.71. The summed E-state index contributed by atoms with van der Waals surface area (Å²) in [7, 11) is 1.42. The Morgan fingerprint density at radius 2 is 1.82 bits per heavy atom. The molecule has 0 saturated carbocycles. The van der Waals surface area contributed by atoms with Gasteiger partial charge >= 0.3 is 0 Å². The molecule has 0 aliphatic rings. The number of hydrogen-bond acceptors (Lipinski definition) is 7. The van der Waals surface area contributed by atoms with Crippen LogP contribution < -0.4 is 15.6 Å². The van der Waals surface area contributed by atoms with E-state index in [0.29, 0.717) is 45.0 Å². The summed E-state index contributed by atoms with van der Waals surface area (Å²) >= 11 is 6.25. The highest BCUT2D eigenvalue weighted by molar-refractivity contribution is 6.31. The number of fused-ring (bicyclic) bond motifs is 1. The molecular weight excluding hydrogens is 544 g/mol. The predicted octanol–water partition coefficient (Wildman–Crippen LogP) is 5.23. The first kappa shape index (κ1) is 26.9. The first-order valence-corrected chi connectivity index (χ1v) is 12.5. The highest BCUT2D eigenvalue weighted by Crippen LogP contribution is 2.35. The average Bonchev–Trinajstić information content (AvgIpc) is 3.44. The third kappa shape index (κ3) is 5.25. The van der Waals surface area contributed by atoms with Gasteiger partial charge in [0.1, 0.15) is 17.5 Å².